The molecule has 0 unspecified atom stereocenters. The van der Waals surface area contributed by atoms with Crippen LogP contribution >= 0.6 is 23.1 Å². The molecule has 0 radical (unpaired) electrons. The number of hydrogen-bond acceptors (Lipinski definition) is 9. The predicted octanol–water partition coefficient (Wildman–Crippen LogP) is 3.48. The smallest absolute Gasteiger partial charge is 0.230 e. The number of benzene rings is 1. The third-order valence-electron chi connectivity index (χ3n) is 4.17. The third kappa shape index (κ3) is 5.21. The number of carbonyl (C=O) groups excluding carboxylic acids is 1. The van der Waals surface area contributed by atoms with Crippen LogP contribution in [0.1, 0.15) is 24.3 Å². The maximum Gasteiger partial charge on any atom is 0.230 e. The van der Waals surface area contributed by atoms with Gasteiger partial charge in [0, 0.05) is 0 Å². The molecule has 1 atom stereocenters. The summed E-state index contributed by atoms with van der Waals surface area (Å²) in [6.07, 6.45) is 1.63. The van der Waals surface area contributed by atoms with Crippen LogP contribution in [0.25, 0.3) is 0 Å². The lowest BCUT2D eigenvalue weighted by atomic mass is 10.1. The molecule has 2 aromatic heterocycles. The number of aromatic nitrogens is 2. The van der Waals surface area contributed by atoms with E-state index in [0.717, 1.165) is 21.4 Å². The van der Waals surface area contributed by atoms with Gasteiger partial charge in [0.1, 0.15) is 19.0 Å². The molecule has 4 rings (SSSR count). The molecule has 0 saturated carbocycles. The van der Waals surface area contributed by atoms with Crippen molar-refractivity contribution in [1.29, 1.82) is 0 Å². The van der Waals surface area contributed by atoms with Crippen LogP contribution in [0.4, 0.5) is 5.13 Å². The average molecular weight is 433 g/mol. The zero-order chi connectivity index (χ0) is 20.1. The second kappa shape index (κ2) is 9.19. The van der Waals surface area contributed by atoms with Gasteiger partial charge in [0.05, 0.1) is 24.6 Å². The first-order chi connectivity index (χ1) is 14.2. The topological polar surface area (TPSA) is 98.5 Å². The number of anilines is 1. The highest BCUT2D eigenvalue weighted by Crippen LogP contribution is 2.32. The summed E-state index contributed by atoms with van der Waals surface area (Å²) in [6.45, 7) is 3.57. The van der Waals surface area contributed by atoms with Crippen molar-refractivity contribution in [2.75, 3.05) is 24.3 Å². The maximum atomic E-state index is 12.3. The first-order valence-electron chi connectivity index (χ1n) is 9.09. The standard InChI is InChI=1S/C19H20N4O4S2/c1-12(13-4-5-15-16(9-13)27-8-7-26-15)21-17(24)11-28-19-23-22-18(29-19)20-10-14-3-2-6-25-14/h2-6,9,12H,7-8,10-11H2,1H3,(H,20,22)(H,21,24)/t12-/m1/s1. The van der Waals surface area contributed by atoms with Crippen molar-refractivity contribution >= 4 is 34.1 Å². The predicted molar refractivity (Wildman–Crippen MR) is 111 cm³/mol. The van der Waals surface area contributed by atoms with Crippen LogP contribution in [-0.4, -0.2) is 35.1 Å². The fourth-order valence-corrected chi connectivity index (χ4v) is 4.30. The minimum absolute atomic E-state index is 0.0716. The molecule has 3 heterocycles. The fourth-order valence-electron chi connectivity index (χ4n) is 2.74. The van der Waals surface area contributed by atoms with E-state index in [1.54, 1.807) is 6.26 Å². The summed E-state index contributed by atoms with van der Waals surface area (Å²) in [6, 6.07) is 9.31. The number of thioether (sulfide) groups is 1. The number of nitrogens with zero attached hydrogens (tertiary/aromatic N) is 2. The molecule has 0 aliphatic carbocycles. The molecule has 1 aliphatic heterocycles. The van der Waals surface area contributed by atoms with Crippen LogP contribution < -0.4 is 20.1 Å². The third-order valence-corrected chi connectivity index (χ3v) is 6.19. The van der Waals surface area contributed by atoms with Crippen molar-refractivity contribution in [3.05, 3.63) is 47.9 Å². The Morgan fingerprint density at radius 3 is 2.93 bits per heavy atom. The fraction of sp³-hybridized carbons (Fsp3) is 0.316. The number of nitrogens with one attached hydrogen (secondary N) is 2. The Labute approximate surface area is 176 Å². The van der Waals surface area contributed by atoms with Crippen molar-refractivity contribution in [3.63, 3.8) is 0 Å². The molecule has 10 heteroatoms. The monoisotopic (exact) mass is 432 g/mol. The minimum atomic E-state index is -0.140. The Kier molecular flexibility index (Phi) is 6.20. The van der Waals surface area contributed by atoms with Crippen molar-refractivity contribution in [2.24, 2.45) is 0 Å². The molecule has 0 saturated heterocycles. The summed E-state index contributed by atoms with van der Waals surface area (Å²) in [5, 5.41) is 15.0. The van der Waals surface area contributed by atoms with E-state index in [9.17, 15) is 4.79 Å². The molecular formula is C19H20N4O4S2. The van der Waals surface area contributed by atoms with E-state index < -0.39 is 0 Å². The molecule has 152 valence electrons. The van der Waals surface area contributed by atoms with Crippen molar-refractivity contribution in [3.8, 4) is 11.5 Å². The molecule has 1 amide bonds. The summed E-state index contributed by atoms with van der Waals surface area (Å²) in [5.41, 5.74) is 0.966. The second-order valence-electron chi connectivity index (χ2n) is 6.29. The van der Waals surface area contributed by atoms with Gasteiger partial charge in [0.25, 0.3) is 0 Å². The molecule has 3 aromatic rings. The summed E-state index contributed by atoms with van der Waals surface area (Å²) < 4.78 is 17.1. The highest BCUT2D eigenvalue weighted by molar-refractivity contribution is 8.01. The maximum absolute atomic E-state index is 12.3. The van der Waals surface area contributed by atoms with Gasteiger partial charge >= 0.3 is 0 Å². The number of rotatable bonds is 8. The van der Waals surface area contributed by atoms with Crippen LogP contribution in [0.3, 0.4) is 0 Å². The molecule has 2 N–H and O–H groups in total. The number of amides is 1. The molecule has 0 spiro atoms. The number of fused-ring (bicyclic) bond motifs is 1. The van der Waals surface area contributed by atoms with E-state index in [0.29, 0.717) is 30.6 Å². The van der Waals surface area contributed by atoms with Gasteiger partial charge < -0.3 is 24.5 Å². The number of furan rings is 1. The van der Waals surface area contributed by atoms with Crippen LogP contribution in [0, 0.1) is 0 Å². The number of ether oxygens (including phenoxy) is 2. The van der Waals surface area contributed by atoms with Crippen molar-refractivity contribution in [2.45, 2.75) is 23.8 Å². The highest BCUT2D eigenvalue weighted by atomic mass is 32.2. The Hall–Kier alpha value is -2.72. The van der Waals surface area contributed by atoms with Gasteiger partial charge in [-0.1, -0.05) is 29.2 Å². The van der Waals surface area contributed by atoms with Gasteiger partial charge in [-0.15, -0.1) is 10.2 Å². The zero-order valence-electron chi connectivity index (χ0n) is 15.7. The Morgan fingerprint density at radius 1 is 1.24 bits per heavy atom. The van der Waals surface area contributed by atoms with Gasteiger partial charge in [-0.25, -0.2) is 0 Å². The molecule has 1 aromatic carbocycles. The molecule has 0 bridgehead atoms. The summed E-state index contributed by atoms with van der Waals surface area (Å²) in [7, 11) is 0. The van der Waals surface area contributed by atoms with E-state index in [-0.39, 0.29) is 17.7 Å². The Morgan fingerprint density at radius 2 is 2.10 bits per heavy atom. The molecule has 29 heavy (non-hydrogen) atoms. The van der Waals surface area contributed by atoms with Gasteiger partial charge in [0.2, 0.25) is 11.0 Å². The minimum Gasteiger partial charge on any atom is -0.486 e. The highest BCUT2D eigenvalue weighted by Gasteiger charge is 2.16. The lowest BCUT2D eigenvalue weighted by Crippen LogP contribution is -2.28. The molecular weight excluding hydrogens is 412 g/mol. The van der Waals surface area contributed by atoms with Crippen LogP contribution in [0.15, 0.2) is 45.4 Å². The SMILES string of the molecule is C[C@@H](NC(=O)CSc1nnc(NCc2ccco2)s1)c1ccc2c(c1)OCCO2. The van der Waals surface area contributed by atoms with Crippen molar-refractivity contribution < 1.29 is 18.7 Å². The van der Waals surface area contributed by atoms with E-state index in [2.05, 4.69) is 20.8 Å². The van der Waals surface area contributed by atoms with E-state index in [4.69, 9.17) is 13.9 Å². The van der Waals surface area contributed by atoms with Gasteiger partial charge in [0.15, 0.2) is 15.8 Å². The number of carbonyl (C=O) groups is 1. The van der Waals surface area contributed by atoms with Crippen molar-refractivity contribution in [1.82, 2.24) is 15.5 Å². The van der Waals surface area contributed by atoms with Crippen LogP contribution in [-0.2, 0) is 11.3 Å². The Balaban J connectivity index is 1.24. The molecule has 8 nitrogen and oxygen atoms in total. The van der Waals surface area contributed by atoms with E-state index in [1.165, 1.54) is 23.1 Å². The molecule has 0 fully saturated rings. The zero-order valence-corrected chi connectivity index (χ0v) is 17.3. The summed E-state index contributed by atoms with van der Waals surface area (Å²) in [5.74, 6) is 2.47. The summed E-state index contributed by atoms with van der Waals surface area (Å²) >= 11 is 2.76. The van der Waals surface area contributed by atoms with Crippen LogP contribution in [0.5, 0.6) is 11.5 Å². The second-order valence-corrected chi connectivity index (χ2v) is 8.49. The first kappa shape index (κ1) is 19.6. The normalized spacial score (nSPS) is 13.7. The lowest BCUT2D eigenvalue weighted by Gasteiger charge is -2.21. The summed E-state index contributed by atoms with van der Waals surface area (Å²) in [4.78, 5) is 12.3. The van der Waals surface area contributed by atoms with Gasteiger partial charge in [-0.3, -0.25) is 4.79 Å². The largest absolute Gasteiger partial charge is 0.486 e. The number of hydrogen-bond donors (Lipinski definition) is 2. The van der Waals surface area contributed by atoms with Crippen LogP contribution in [0.2, 0.25) is 0 Å². The lowest BCUT2D eigenvalue weighted by molar-refractivity contribution is -0.119. The first-order valence-corrected chi connectivity index (χ1v) is 10.9. The van der Waals surface area contributed by atoms with Gasteiger partial charge in [-0.2, -0.15) is 0 Å². The quantitative estimate of drug-likeness (QED) is 0.522. The van der Waals surface area contributed by atoms with E-state index >= 15 is 0 Å². The van der Waals surface area contributed by atoms with Gasteiger partial charge in [-0.05, 0) is 36.8 Å². The van der Waals surface area contributed by atoms with E-state index in [1.807, 2.05) is 37.3 Å². The molecule has 1 aliphatic rings. The Bertz CT molecular complexity index is 961. The average Bonchev–Trinajstić information content (AvgIpc) is 3.42.